The number of benzene rings is 2. The van der Waals surface area contributed by atoms with E-state index in [0.717, 1.165) is 16.9 Å². The van der Waals surface area contributed by atoms with Crippen LogP contribution in [-0.2, 0) is 11.2 Å². The molecule has 0 saturated carbocycles. The zero-order valence-electron chi connectivity index (χ0n) is 11.1. The van der Waals surface area contributed by atoms with E-state index >= 15 is 0 Å². The van der Waals surface area contributed by atoms with Crippen LogP contribution in [0.5, 0.6) is 11.5 Å². The van der Waals surface area contributed by atoms with E-state index in [1.165, 1.54) is 0 Å². The van der Waals surface area contributed by atoms with Gasteiger partial charge in [-0.3, -0.25) is 0 Å². The van der Waals surface area contributed by atoms with Gasteiger partial charge in [0.05, 0.1) is 7.11 Å². The van der Waals surface area contributed by atoms with Gasteiger partial charge in [-0.2, -0.15) is 0 Å². The number of fused-ring (bicyclic) bond motifs is 1. The Hall–Kier alpha value is -2.55. The molecule has 0 amide bonds. The van der Waals surface area contributed by atoms with Crippen molar-refractivity contribution in [3.05, 3.63) is 65.2 Å². The highest BCUT2D eigenvalue weighted by atomic mass is 16.5. The minimum atomic E-state index is -0.300. The second-order valence-corrected chi connectivity index (χ2v) is 4.61. The predicted octanol–water partition coefficient (Wildman–Crippen LogP) is 3.24. The maximum absolute atomic E-state index is 12.1. The lowest BCUT2D eigenvalue weighted by molar-refractivity contribution is -0.130. The van der Waals surface area contributed by atoms with Gasteiger partial charge in [-0.1, -0.05) is 24.3 Å². The van der Waals surface area contributed by atoms with Crippen molar-refractivity contribution in [2.75, 3.05) is 7.11 Å². The summed E-state index contributed by atoms with van der Waals surface area (Å²) in [6.45, 7) is 0. The maximum Gasteiger partial charge on any atom is 0.339 e. The highest BCUT2D eigenvalue weighted by molar-refractivity contribution is 5.97. The first-order valence-corrected chi connectivity index (χ1v) is 6.41. The molecule has 2 aromatic rings. The molecular formula is C17H14O3. The Kier molecular flexibility index (Phi) is 3.25. The molecule has 20 heavy (non-hydrogen) atoms. The summed E-state index contributed by atoms with van der Waals surface area (Å²) < 4.78 is 10.4. The molecule has 0 unspecified atom stereocenters. The molecular weight excluding hydrogens is 252 g/mol. The van der Waals surface area contributed by atoms with E-state index in [2.05, 4.69) is 0 Å². The van der Waals surface area contributed by atoms with E-state index in [1.807, 2.05) is 30.3 Å². The van der Waals surface area contributed by atoms with Gasteiger partial charge in [0.25, 0.3) is 0 Å². The van der Waals surface area contributed by atoms with Crippen LogP contribution in [0.25, 0.3) is 6.08 Å². The lowest BCUT2D eigenvalue weighted by atomic mass is 10.1. The second-order valence-electron chi connectivity index (χ2n) is 4.61. The molecule has 2 aromatic carbocycles. The largest absolute Gasteiger partial charge is 0.497 e. The molecule has 3 rings (SSSR count). The molecule has 0 fully saturated rings. The summed E-state index contributed by atoms with van der Waals surface area (Å²) in [5, 5.41) is 0. The van der Waals surface area contributed by atoms with Gasteiger partial charge in [0, 0.05) is 12.0 Å². The molecule has 0 spiro atoms. The highest BCUT2D eigenvalue weighted by Crippen LogP contribution is 2.26. The Morgan fingerprint density at radius 1 is 1.00 bits per heavy atom. The number of ether oxygens (including phenoxy) is 2. The summed E-state index contributed by atoms with van der Waals surface area (Å²) in [4.78, 5) is 12.1. The smallest absolute Gasteiger partial charge is 0.339 e. The third kappa shape index (κ3) is 2.43. The number of methoxy groups -OCH3 is 1. The third-order valence-electron chi connectivity index (χ3n) is 3.30. The van der Waals surface area contributed by atoms with E-state index in [0.29, 0.717) is 17.7 Å². The van der Waals surface area contributed by atoms with Gasteiger partial charge in [0.1, 0.15) is 11.5 Å². The molecule has 0 aliphatic heterocycles. The van der Waals surface area contributed by atoms with E-state index in [-0.39, 0.29) is 5.97 Å². The van der Waals surface area contributed by atoms with E-state index in [4.69, 9.17) is 9.47 Å². The number of carbonyl (C=O) groups excluding carboxylic acids is 1. The summed E-state index contributed by atoms with van der Waals surface area (Å²) in [7, 11) is 1.60. The van der Waals surface area contributed by atoms with Gasteiger partial charge in [0.15, 0.2) is 0 Å². The van der Waals surface area contributed by atoms with Crippen LogP contribution < -0.4 is 9.47 Å². The van der Waals surface area contributed by atoms with Crippen molar-refractivity contribution in [2.24, 2.45) is 0 Å². The van der Waals surface area contributed by atoms with Crippen molar-refractivity contribution in [2.45, 2.75) is 6.42 Å². The summed E-state index contributed by atoms with van der Waals surface area (Å²) in [5.74, 6) is 0.955. The Morgan fingerprint density at radius 2 is 1.70 bits per heavy atom. The lowest BCUT2D eigenvalue weighted by Crippen LogP contribution is -2.11. The van der Waals surface area contributed by atoms with Gasteiger partial charge in [0.2, 0.25) is 0 Å². The van der Waals surface area contributed by atoms with Crippen LogP contribution in [0.15, 0.2) is 54.1 Å². The summed E-state index contributed by atoms with van der Waals surface area (Å²) in [5.41, 5.74) is 2.94. The molecule has 1 aliphatic carbocycles. The Bertz CT molecular complexity index is 669. The molecule has 1 aliphatic rings. The van der Waals surface area contributed by atoms with Crippen LogP contribution in [0.2, 0.25) is 0 Å². The van der Waals surface area contributed by atoms with Crippen LogP contribution in [0, 0.1) is 0 Å². The third-order valence-corrected chi connectivity index (χ3v) is 3.30. The molecule has 0 bridgehead atoms. The number of hydrogen-bond acceptors (Lipinski definition) is 3. The fraction of sp³-hybridized carbons (Fsp3) is 0.118. The fourth-order valence-corrected chi connectivity index (χ4v) is 2.23. The molecule has 0 radical (unpaired) electrons. The minimum Gasteiger partial charge on any atom is -0.497 e. The van der Waals surface area contributed by atoms with Crippen molar-refractivity contribution in [3.8, 4) is 11.5 Å². The van der Waals surface area contributed by atoms with Crippen molar-refractivity contribution in [1.29, 1.82) is 0 Å². The Balaban J connectivity index is 1.72. The predicted molar refractivity (Wildman–Crippen MR) is 76.8 cm³/mol. The first-order valence-electron chi connectivity index (χ1n) is 6.41. The van der Waals surface area contributed by atoms with Gasteiger partial charge in [-0.05, 0) is 41.5 Å². The minimum absolute atomic E-state index is 0.300. The van der Waals surface area contributed by atoms with Crippen LogP contribution in [0.3, 0.4) is 0 Å². The highest BCUT2D eigenvalue weighted by Gasteiger charge is 2.19. The molecule has 0 saturated heterocycles. The van der Waals surface area contributed by atoms with E-state index in [9.17, 15) is 4.79 Å². The standard InChI is InChI=1S/C17H14O3/c1-19-15-6-8-16(9-7-15)20-17(18)14-10-12-4-2-3-5-13(12)11-14/h2-10H,11H2,1H3. The second kappa shape index (κ2) is 5.21. The number of rotatable bonds is 3. The van der Waals surface area contributed by atoms with Crippen LogP contribution >= 0.6 is 0 Å². The summed E-state index contributed by atoms with van der Waals surface area (Å²) in [6, 6.07) is 14.9. The van der Waals surface area contributed by atoms with Crippen molar-refractivity contribution in [3.63, 3.8) is 0 Å². The van der Waals surface area contributed by atoms with Gasteiger partial charge in [-0.15, -0.1) is 0 Å². The molecule has 0 atom stereocenters. The molecule has 0 N–H and O–H groups in total. The SMILES string of the molecule is COc1ccc(OC(=O)C2=Cc3ccccc3C2)cc1. The van der Waals surface area contributed by atoms with E-state index < -0.39 is 0 Å². The maximum atomic E-state index is 12.1. The zero-order valence-corrected chi connectivity index (χ0v) is 11.1. The van der Waals surface area contributed by atoms with Crippen molar-refractivity contribution < 1.29 is 14.3 Å². The molecule has 0 heterocycles. The molecule has 0 aromatic heterocycles. The van der Waals surface area contributed by atoms with Crippen molar-refractivity contribution >= 4 is 12.0 Å². The monoisotopic (exact) mass is 266 g/mol. The average molecular weight is 266 g/mol. The van der Waals surface area contributed by atoms with Gasteiger partial charge >= 0.3 is 5.97 Å². The average Bonchev–Trinajstić information content (AvgIpc) is 2.92. The molecule has 3 heteroatoms. The van der Waals surface area contributed by atoms with Crippen LogP contribution in [-0.4, -0.2) is 13.1 Å². The lowest BCUT2D eigenvalue weighted by Gasteiger charge is -2.05. The molecule has 3 nitrogen and oxygen atoms in total. The summed E-state index contributed by atoms with van der Waals surface area (Å²) >= 11 is 0. The van der Waals surface area contributed by atoms with Crippen molar-refractivity contribution in [1.82, 2.24) is 0 Å². The van der Waals surface area contributed by atoms with Gasteiger partial charge < -0.3 is 9.47 Å². The fourth-order valence-electron chi connectivity index (χ4n) is 2.23. The topological polar surface area (TPSA) is 35.5 Å². The van der Waals surface area contributed by atoms with Crippen LogP contribution in [0.1, 0.15) is 11.1 Å². The normalized spacial score (nSPS) is 12.6. The van der Waals surface area contributed by atoms with Crippen LogP contribution in [0.4, 0.5) is 0 Å². The first kappa shape index (κ1) is 12.5. The van der Waals surface area contributed by atoms with E-state index in [1.54, 1.807) is 31.4 Å². The first-order chi connectivity index (χ1) is 9.76. The zero-order chi connectivity index (χ0) is 13.9. The molecule has 100 valence electrons. The number of esters is 1. The summed E-state index contributed by atoms with van der Waals surface area (Å²) in [6.07, 6.45) is 2.52. The quantitative estimate of drug-likeness (QED) is 0.632. The number of hydrogen-bond donors (Lipinski definition) is 0. The van der Waals surface area contributed by atoms with Gasteiger partial charge in [-0.25, -0.2) is 4.79 Å². The number of carbonyl (C=O) groups is 1. The Morgan fingerprint density at radius 3 is 2.40 bits per heavy atom. The Labute approximate surface area is 117 Å².